The van der Waals surface area contributed by atoms with Crippen LogP contribution in [0.2, 0.25) is 0 Å². The average Bonchev–Trinajstić information content (AvgIpc) is 2.64. The van der Waals surface area contributed by atoms with Crippen LogP contribution in [0.25, 0.3) is 0 Å². The highest BCUT2D eigenvalue weighted by atomic mass is 16.5. The Morgan fingerprint density at radius 3 is 2.46 bits per heavy atom. The summed E-state index contributed by atoms with van der Waals surface area (Å²) in [6.07, 6.45) is 8.87. The van der Waals surface area contributed by atoms with Gasteiger partial charge in [-0.1, -0.05) is 6.92 Å². The van der Waals surface area contributed by atoms with E-state index in [0.29, 0.717) is 25.1 Å². The SMILES string of the molecule is CCC1CCCCN1C(=O)C1CCC(C(=O)NCCCOC)CC1. The summed E-state index contributed by atoms with van der Waals surface area (Å²) < 4.78 is 4.99. The number of methoxy groups -OCH3 is 1. The summed E-state index contributed by atoms with van der Waals surface area (Å²) in [5.41, 5.74) is 0. The topological polar surface area (TPSA) is 58.6 Å². The lowest BCUT2D eigenvalue weighted by atomic mass is 9.80. The van der Waals surface area contributed by atoms with Gasteiger partial charge in [-0.25, -0.2) is 0 Å². The standard InChI is InChI=1S/C19H34N2O3/c1-3-17-7-4-5-13-21(17)19(23)16-10-8-15(9-11-16)18(22)20-12-6-14-24-2/h15-17H,3-14H2,1-2H3,(H,20,22). The molecule has 0 spiro atoms. The molecule has 1 N–H and O–H groups in total. The summed E-state index contributed by atoms with van der Waals surface area (Å²) in [6, 6.07) is 0.438. The fourth-order valence-corrected chi connectivity index (χ4v) is 4.12. The van der Waals surface area contributed by atoms with Crippen LogP contribution < -0.4 is 5.32 Å². The molecule has 138 valence electrons. The third kappa shape index (κ3) is 5.20. The molecule has 2 aliphatic rings. The van der Waals surface area contributed by atoms with Crippen molar-refractivity contribution < 1.29 is 14.3 Å². The van der Waals surface area contributed by atoms with E-state index in [4.69, 9.17) is 4.74 Å². The van der Waals surface area contributed by atoms with E-state index in [1.54, 1.807) is 7.11 Å². The first kappa shape index (κ1) is 19.2. The normalized spacial score (nSPS) is 27.8. The lowest BCUT2D eigenvalue weighted by molar-refractivity contribution is -0.141. The first-order chi connectivity index (χ1) is 11.7. The maximum Gasteiger partial charge on any atom is 0.225 e. The lowest BCUT2D eigenvalue weighted by Crippen LogP contribution is -2.47. The number of likely N-dealkylation sites (tertiary alicyclic amines) is 1. The molecule has 1 saturated carbocycles. The van der Waals surface area contributed by atoms with Crippen molar-refractivity contribution in [1.29, 1.82) is 0 Å². The molecule has 1 heterocycles. The minimum Gasteiger partial charge on any atom is -0.385 e. The summed E-state index contributed by atoms with van der Waals surface area (Å²) >= 11 is 0. The molecule has 0 bridgehead atoms. The second-order valence-electron chi connectivity index (χ2n) is 7.28. The first-order valence-corrected chi connectivity index (χ1v) is 9.74. The number of rotatable bonds is 7. The van der Waals surface area contributed by atoms with Crippen LogP contribution in [0, 0.1) is 11.8 Å². The molecule has 0 aromatic carbocycles. The van der Waals surface area contributed by atoms with Gasteiger partial charge in [-0.2, -0.15) is 0 Å². The Morgan fingerprint density at radius 1 is 1.08 bits per heavy atom. The molecular weight excluding hydrogens is 304 g/mol. The van der Waals surface area contributed by atoms with Gasteiger partial charge in [0.25, 0.3) is 0 Å². The molecule has 0 radical (unpaired) electrons. The van der Waals surface area contributed by atoms with E-state index >= 15 is 0 Å². The maximum absolute atomic E-state index is 12.9. The van der Waals surface area contributed by atoms with Crippen LogP contribution >= 0.6 is 0 Å². The van der Waals surface area contributed by atoms with Crippen LogP contribution in [0.3, 0.4) is 0 Å². The van der Waals surface area contributed by atoms with Crippen molar-refractivity contribution in [3.63, 3.8) is 0 Å². The van der Waals surface area contributed by atoms with Gasteiger partial charge in [0.1, 0.15) is 0 Å². The van der Waals surface area contributed by atoms with Gasteiger partial charge in [0.15, 0.2) is 0 Å². The number of ether oxygens (including phenoxy) is 1. The van der Waals surface area contributed by atoms with Gasteiger partial charge in [0.05, 0.1) is 0 Å². The average molecular weight is 338 g/mol. The Labute approximate surface area is 146 Å². The van der Waals surface area contributed by atoms with E-state index in [0.717, 1.165) is 57.9 Å². The largest absolute Gasteiger partial charge is 0.385 e. The van der Waals surface area contributed by atoms with Crippen LogP contribution in [0.4, 0.5) is 0 Å². The molecule has 24 heavy (non-hydrogen) atoms. The predicted molar refractivity (Wildman–Crippen MR) is 94.6 cm³/mol. The molecule has 5 heteroatoms. The number of hydrogen-bond acceptors (Lipinski definition) is 3. The van der Waals surface area contributed by atoms with Gasteiger partial charge in [0, 0.05) is 44.7 Å². The smallest absolute Gasteiger partial charge is 0.225 e. The van der Waals surface area contributed by atoms with Gasteiger partial charge >= 0.3 is 0 Å². The van der Waals surface area contributed by atoms with Crippen LogP contribution in [0.1, 0.15) is 64.7 Å². The Bertz CT molecular complexity index is 405. The number of amides is 2. The zero-order valence-corrected chi connectivity index (χ0v) is 15.4. The number of nitrogens with one attached hydrogen (secondary N) is 1. The van der Waals surface area contributed by atoms with Gasteiger partial charge in [-0.3, -0.25) is 9.59 Å². The van der Waals surface area contributed by atoms with Crippen LogP contribution in [-0.2, 0) is 14.3 Å². The van der Waals surface area contributed by atoms with E-state index in [2.05, 4.69) is 17.1 Å². The van der Waals surface area contributed by atoms with Crippen molar-refractivity contribution in [2.24, 2.45) is 11.8 Å². The molecule has 1 unspecified atom stereocenters. The van der Waals surface area contributed by atoms with Crippen molar-refractivity contribution in [3.05, 3.63) is 0 Å². The Hall–Kier alpha value is -1.10. The second-order valence-corrected chi connectivity index (χ2v) is 7.28. The van der Waals surface area contributed by atoms with Crippen molar-refractivity contribution in [1.82, 2.24) is 10.2 Å². The summed E-state index contributed by atoms with van der Waals surface area (Å²) in [5.74, 6) is 0.719. The minimum atomic E-state index is 0.0833. The third-order valence-electron chi connectivity index (χ3n) is 5.65. The van der Waals surface area contributed by atoms with E-state index in [9.17, 15) is 9.59 Å². The maximum atomic E-state index is 12.9. The van der Waals surface area contributed by atoms with Crippen LogP contribution in [-0.4, -0.2) is 49.6 Å². The Kier molecular flexibility index (Phi) is 8.03. The molecule has 1 atom stereocenters. The summed E-state index contributed by atoms with van der Waals surface area (Å²) in [7, 11) is 1.67. The molecule has 5 nitrogen and oxygen atoms in total. The van der Waals surface area contributed by atoms with Crippen molar-refractivity contribution in [2.45, 2.75) is 70.8 Å². The van der Waals surface area contributed by atoms with Crippen molar-refractivity contribution in [3.8, 4) is 0 Å². The molecule has 0 aromatic heterocycles. The van der Waals surface area contributed by atoms with E-state index in [1.807, 2.05) is 0 Å². The zero-order valence-electron chi connectivity index (χ0n) is 15.4. The summed E-state index contributed by atoms with van der Waals surface area (Å²) in [5, 5.41) is 3.00. The third-order valence-corrected chi connectivity index (χ3v) is 5.65. The number of nitrogens with zero attached hydrogens (tertiary/aromatic N) is 1. The fraction of sp³-hybridized carbons (Fsp3) is 0.895. The van der Waals surface area contributed by atoms with Crippen LogP contribution in [0.5, 0.6) is 0 Å². The molecule has 2 rings (SSSR count). The van der Waals surface area contributed by atoms with Crippen molar-refractivity contribution >= 4 is 11.8 Å². The molecule has 1 aliphatic carbocycles. The van der Waals surface area contributed by atoms with E-state index in [1.165, 1.54) is 6.42 Å². The predicted octanol–water partition coefficient (Wildman–Crippen LogP) is 2.74. The molecular formula is C19H34N2O3. The monoisotopic (exact) mass is 338 g/mol. The lowest BCUT2D eigenvalue weighted by Gasteiger charge is -2.39. The highest BCUT2D eigenvalue weighted by molar-refractivity contribution is 5.81. The highest BCUT2D eigenvalue weighted by Crippen LogP contribution is 2.32. The van der Waals surface area contributed by atoms with Crippen LogP contribution in [0.15, 0.2) is 0 Å². The van der Waals surface area contributed by atoms with Gasteiger partial charge in [0.2, 0.25) is 11.8 Å². The minimum absolute atomic E-state index is 0.0833. The molecule has 1 saturated heterocycles. The number of carbonyl (C=O) groups is 2. The summed E-state index contributed by atoms with van der Waals surface area (Å²) in [6.45, 7) is 4.46. The molecule has 1 aliphatic heterocycles. The Balaban J connectivity index is 1.75. The summed E-state index contributed by atoms with van der Waals surface area (Å²) in [4.78, 5) is 27.2. The highest BCUT2D eigenvalue weighted by Gasteiger charge is 2.34. The van der Waals surface area contributed by atoms with Crippen molar-refractivity contribution in [2.75, 3.05) is 26.8 Å². The first-order valence-electron chi connectivity index (χ1n) is 9.74. The van der Waals surface area contributed by atoms with Gasteiger partial charge < -0.3 is 15.0 Å². The van der Waals surface area contributed by atoms with Gasteiger partial charge in [-0.15, -0.1) is 0 Å². The number of piperidine rings is 1. The zero-order chi connectivity index (χ0) is 17.4. The second kappa shape index (κ2) is 10.0. The van der Waals surface area contributed by atoms with E-state index in [-0.39, 0.29) is 17.7 Å². The fourth-order valence-electron chi connectivity index (χ4n) is 4.12. The molecule has 2 amide bonds. The number of carbonyl (C=O) groups excluding carboxylic acids is 2. The van der Waals surface area contributed by atoms with Gasteiger partial charge in [-0.05, 0) is 57.8 Å². The number of hydrogen-bond donors (Lipinski definition) is 1. The molecule has 0 aromatic rings. The van der Waals surface area contributed by atoms with E-state index < -0.39 is 0 Å². The quantitative estimate of drug-likeness (QED) is 0.726. The Morgan fingerprint density at radius 2 is 1.79 bits per heavy atom. The molecule has 2 fully saturated rings.